The summed E-state index contributed by atoms with van der Waals surface area (Å²) in [6.07, 6.45) is -52.5. The predicted octanol–water partition coefficient (Wildman–Crippen LogP) is -13.8. The van der Waals surface area contributed by atoms with Crippen molar-refractivity contribution in [3.63, 3.8) is 0 Å². The summed E-state index contributed by atoms with van der Waals surface area (Å²) in [6.45, 7) is -3.29. The van der Waals surface area contributed by atoms with Crippen LogP contribution in [0.25, 0.3) is 0 Å². The minimum Gasteiger partial charge on any atom is -0.394 e. The second-order valence-corrected chi connectivity index (χ2v) is 18.3. The average Bonchev–Trinajstić information content (AvgIpc) is 3.35. The van der Waals surface area contributed by atoms with Crippen LogP contribution in [0.5, 0.6) is 0 Å². The molecule has 6 aliphatic heterocycles. The second-order valence-electron chi connectivity index (χ2n) is 18.3. The summed E-state index contributed by atoms with van der Waals surface area (Å²) >= 11 is 0. The molecular weight excluding hydrogens is 1000 g/mol. The van der Waals surface area contributed by atoms with E-state index in [9.17, 15) is 102 Å². The second kappa shape index (κ2) is 26.0. The summed E-state index contributed by atoms with van der Waals surface area (Å²) in [4.78, 5) is 24.3. The molecule has 0 radical (unpaired) electrons. The molecule has 0 aromatic rings. The highest BCUT2D eigenvalue weighted by atomic mass is 16.8. The van der Waals surface area contributed by atoms with E-state index in [-0.39, 0.29) is 0 Å². The van der Waals surface area contributed by atoms with Crippen LogP contribution < -0.4 is 10.6 Å². The molecule has 6 heterocycles. The van der Waals surface area contributed by atoms with Crippen molar-refractivity contribution in [3.8, 4) is 0 Å². The molecule has 2 amide bonds. The van der Waals surface area contributed by atoms with Gasteiger partial charge in [0, 0.05) is 13.8 Å². The number of ether oxygens (including phenoxy) is 11. The van der Waals surface area contributed by atoms with Crippen molar-refractivity contribution in [2.24, 2.45) is 0 Å². The van der Waals surface area contributed by atoms with Crippen molar-refractivity contribution in [3.05, 3.63) is 0 Å². The lowest BCUT2D eigenvalue weighted by molar-refractivity contribution is -0.376. The van der Waals surface area contributed by atoms with Crippen molar-refractivity contribution in [2.75, 3.05) is 39.6 Å². The van der Waals surface area contributed by atoms with Crippen LogP contribution in [0.3, 0.4) is 0 Å². The van der Waals surface area contributed by atoms with Crippen LogP contribution in [0, 0.1) is 0 Å². The van der Waals surface area contributed by atoms with Crippen molar-refractivity contribution >= 4 is 11.8 Å². The predicted molar refractivity (Wildman–Crippen MR) is 222 cm³/mol. The van der Waals surface area contributed by atoms with Crippen LogP contribution in [0.2, 0.25) is 0 Å². The third-order valence-corrected chi connectivity index (χ3v) is 13.2. The first-order valence-corrected chi connectivity index (χ1v) is 23.1. The Labute approximate surface area is 413 Å². The van der Waals surface area contributed by atoms with E-state index in [0.717, 1.165) is 13.8 Å². The topological polar surface area (TPSA) is 524 Å². The summed E-state index contributed by atoms with van der Waals surface area (Å²) in [7, 11) is 0. The Kier molecular flexibility index (Phi) is 21.3. The molecule has 33 heteroatoms. The lowest BCUT2D eigenvalue weighted by Crippen LogP contribution is -2.70. The zero-order chi connectivity index (χ0) is 53.9. The fourth-order valence-electron chi connectivity index (χ4n) is 9.11. The van der Waals surface area contributed by atoms with E-state index in [4.69, 9.17) is 52.1 Å². The van der Waals surface area contributed by atoms with Crippen molar-refractivity contribution < 1.29 is 154 Å². The number of nitrogens with one attached hydrogen (secondary N) is 2. The normalized spacial score (nSPS) is 49.8. The Bertz CT molecular complexity index is 1750. The molecule has 0 aromatic carbocycles. The van der Waals surface area contributed by atoms with E-state index in [2.05, 4.69) is 10.6 Å². The summed E-state index contributed by atoms with van der Waals surface area (Å²) in [6, 6.07) is -3.20. The molecular formula is C40H68N2O31. The van der Waals surface area contributed by atoms with Gasteiger partial charge in [0.25, 0.3) is 0 Å². The molecule has 0 bridgehead atoms. The lowest BCUT2D eigenvalue weighted by atomic mass is 9.94. The smallest absolute Gasteiger partial charge is 0.217 e. The standard InChI is InChI=1S/C40H68N2O31/c1-9(47)41-17-23(53)32(13(5-45)65-35(17)62)71-36-18(42-10(2)48)24(54)33(14(6-46)68-36)72-40-30(60)27(57)21(51)15(70-40)7-64-38-31(61)34(73-39-29(59)26(56)20(50)12(4-44)67-39)22(52)16(69-38)8-63-37-28(58)25(55)19(49)11(3-43)66-37/h11-40,43-46,49-62H,3-8H2,1-2H3,(H,41,47)(H,42,48)/t11-,12-,13-,14-,15-,16-,17-,18-,19-,20-,21-,22-,23-,24-,25+,26+,27+,28+,29+,30+,31+,32-,33-,34+,35+,36+,37-,38-,39+,40+/m1/s1. The number of hydrogen-bond donors (Lipinski definition) is 20. The molecule has 6 aliphatic rings. The first-order chi connectivity index (χ1) is 34.5. The van der Waals surface area contributed by atoms with E-state index in [1.54, 1.807) is 0 Å². The van der Waals surface area contributed by atoms with Gasteiger partial charge in [0.2, 0.25) is 11.8 Å². The number of aliphatic hydroxyl groups excluding tert-OH is 18. The van der Waals surface area contributed by atoms with Gasteiger partial charge in [0.15, 0.2) is 37.7 Å². The zero-order valence-corrected chi connectivity index (χ0v) is 38.9. The number of carbonyl (C=O) groups is 2. The maximum Gasteiger partial charge on any atom is 0.217 e. The Morgan fingerprint density at radius 3 is 1.19 bits per heavy atom. The SMILES string of the molecule is CC(=O)N[C@@H]1[C@@H](O)[C@H](O[C@@H]2O[C@H](CO)[C@@H](O[C@@H]3O[C@H](CO[C@@H]4O[C@H](CO[C@@H]5O[C@H](CO)[C@@H](O)[C@H](O)[C@@H]5O)[C@@H](O)[C@H](O[C@@H]5O[C@H](CO)[C@@H](O)[C@H](O)[C@@H]5O)[C@@H]4O)[C@@H](O)[C@H](O)[C@@H]3O)[C@H](O)[C@H]2NC(C)=O)[C@@H](CO)O[C@@H]1O. The molecule has 0 saturated carbocycles. The largest absolute Gasteiger partial charge is 0.394 e. The molecule has 424 valence electrons. The maximum atomic E-state index is 12.4. The number of aliphatic hydroxyl groups is 18. The van der Waals surface area contributed by atoms with Gasteiger partial charge in [0.05, 0.1) is 39.6 Å². The van der Waals surface area contributed by atoms with Crippen LogP contribution >= 0.6 is 0 Å². The van der Waals surface area contributed by atoms with Gasteiger partial charge < -0.3 is 155 Å². The van der Waals surface area contributed by atoms with Gasteiger partial charge in [-0.25, -0.2) is 0 Å². The van der Waals surface area contributed by atoms with Gasteiger partial charge in [-0.3, -0.25) is 9.59 Å². The number of carbonyl (C=O) groups excluding carboxylic acids is 2. The highest BCUT2D eigenvalue weighted by Gasteiger charge is 2.56. The molecule has 6 fully saturated rings. The molecule has 6 saturated heterocycles. The summed E-state index contributed by atoms with van der Waals surface area (Å²) in [5.41, 5.74) is 0. The third-order valence-electron chi connectivity index (χ3n) is 13.2. The summed E-state index contributed by atoms with van der Waals surface area (Å²) < 4.78 is 62.1. The van der Waals surface area contributed by atoms with Crippen molar-refractivity contribution in [1.29, 1.82) is 0 Å². The van der Waals surface area contributed by atoms with Gasteiger partial charge in [0.1, 0.15) is 146 Å². The van der Waals surface area contributed by atoms with E-state index in [1.165, 1.54) is 0 Å². The van der Waals surface area contributed by atoms with Crippen LogP contribution in [0.4, 0.5) is 0 Å². The van der Waals surface area contributed by atoms with E-state index in [0.29, 0.717) is 0 Å². The van der Waals surface area contributed by atoms with Gasteiger partial charge in [-0.15, -0.1) is 0 Å². The van der Waals surface area contributed by atoms with E-state index < -0.39 is 236 Å². The summed E-state index contributed by atoms with van der Waals surface area (Å²) in [5, 5.41) is 196. The molecule has 6 rings (SSSR count). The molecule has 0 spiro atoms. The fourth-order valence-corrected chi connectivity index (χ4v) is 9.11. The van der Waals surface area contributed by atoms with Crippen LogP contribution in [0.1, 0.15) is 13.8 Å². The molecule has 73 heavy (non-hydrogen) atoms. The Balaban J connectivity index is 1.19. The highest BCUT2D eigenvalue weighted by Crippen LogP contribution is 2.35. The first-order valence-electron chi connectivity index (χ1n) is 23.1. The maximum absolute atomic E-state index is 12.4. The average molecular weight is 1070 g/mol. The number of hydrogen-bond acceptors (Lipinski definition) is 31. The first kappa shape index (κ1) is 60.0. The van der Waals surface area contributed by atoms with Crippen LogP contribution in [-0.2, 0) is 61.7 Å². The van der Waals surface area contributed by atoms with Crippen molar-refractivity contribution in [2.45, 2.75) is 198 Å². The lowest BCUT2D eigenvalue weighted by Gasteiger charge is -2.49. The monoisotopic (exact) mass is 1070 g/mol. The molecule has 0 unspecified atom stereocenters. The Morgan fingerprint density at radius 1 is 0.356 bits per heavy atom. The molecule has 0 aromatic heterocycles. The molecule has 20 N–H and O–H groups in total. The van der Waals surface area contributed by atoms with Gasteiger partial charge in [-0.05, 0) is 0 Å². The minimum atomic E-state index is -2.16. The number of amides is 2. The summed E-state index contributed by atoms with van der Waals surface area (Å²) in [5.74, 6) is -1.51. The van der Waals surface area contributed by atoms with E-state index in [1.807, 2.05) is 0 Å². The van der Waals surface area contributed by atoms with E-state index >= 15 is 0 Å². The van der Waals surface area contributed by atoms with Crippen LogP contribution in [0.15, 0.2) is 0 Å². The van der Waals surface area contributed by atoms with Crippen molar-refractivity contribution in [1.82, 2.24) is 10.6 Å². The number of rotatable bonds is 18. The Morgan fingerprint density at radius 2 is 0.699 bits per heavy atom. The highest BCUT2D eigenvalue weighted by molar-refractivity contribution is 5.73. The molecule has 0 aliphatic carbocycles. The Hall–Kier alpha value is -2.22. The fraction of sp³-hybridized carbons (Fsp3) is 0.950. The third kappa shape index (κ3) is 13.2. The van der Waals surface area contributed by atoms with Crippen LogP contribution in [-0.4, -0.2) is 327 Å². The van der Waals surface area contributed by atoms with Gasteiger partial charge in [-0.2, -0.15) is 0 Å². The zero-order valence-electron chi connectivity index (χ0n) is 38.9. The molecule has 33 nitrogen and oxygen atoms in total. The molecule has 30 atom stereocenters. The van der Waals surface area contributed by atoms with Gasteiger partial charge >= 0.3 is 0 Å². The minimum absolute atomic E-state index is 0.702. The quantitative estimate of drug-likeness (QED) is 0.0606. The van der Waals surface area contributed by atoms with Gasteiger partial charge in [-0.1, -0.05) is 0 Å².